The van der Waals surface area contributed by atoms with E-state index in [4.69, 9.17) is 11.6 Å². The summed E-state index contributed by atoms with van der Waals surface area (Å²) in [4.78, 5) is 3.88. The normalized spacial score (nSPS) is 10.3. The second kappa shape index (κ2) is 5.47. The molecular formula is C12H9BrClFN2. The van der Waals surface area contributed by atoms with Crippen LogP contribution in [0.1, 0.15) is 5.56 Å². The predicted molar refractivity (Wildman–Crippen MR) is 70.7 cm³/mol. The number of nitrogens with one attached hydrogen (secondary N) is 1. The molecule has 1 aromatic heterocycles. The first-order chi connectivity index (χ1) is 8.15. The minimum atomic E-state index is -0.267. The molecule has 1 heterocycles. The van der Waals surface area contributed by atoms with Crippen molar-refractivity contribution in [2.75, 3.05) is 5.32 Å². The van der Waals surface area contributed by atoms with Gasteiger partial charge in [-0.15, -0.1) is 0 Å². The number of nitrogens with zero attached hydrogens (tertiary/aromatic N) is 1. The van der Waals surface area contributed by atoms with Gasteiger partial charge in [-0.05, 0) is 45.8 Å². The Kier molecular flexibility index (Phi) is 3.97. The van der Waals surface area contributed by atoms with Crippen molar-refractivity contribution in [1.29, 1.82) is 0 Å². The fraction of sp³-hybridized carbons (Fsp3) is 0.0833. The molecule has 1 aromatic carbocycles. The highest BCUT2D eigenvalue weighted by molar-refractivity contribution is 9.10. The van der Waals surface area contributed by atoms with Crippen LogP contribution in [0.15, 0.2) is 41.0 Å². The van der Waals surface area contributed by atoms with E-state index in [2.05, 4.69) is 26.2 Å². The smallest absolute Gasteiger partial charge is 0.137 e. The summed E-state index contributed by atoms with van der Waals surface area (Å²) in [7, 11) is 0. The molecule has 0 saturated heterocycles. The second-order valence-corrected chi connectivity index (χ2v) is 4.71. The van der Waals surface area contributed by atoms with Gasteiger partial charge >= 0.3 is 0 Å². The Morgan fingerprint density at radius 2 is 2.12 bits per heavy atom. The van der Waals surface area contributed by atoms with Crippen molar-refractivity contribution in [2.45, 2.75) is 6.54 Å². The van der Waals surface area contributed by atoms with E-state index >= 15 is 0 Å². The number of pyridine rings is 1. The van der Waals surface area contributed by atoms with Crippen molar-refractivity contribution in [3.8, 4) is 0 Å². The van der Waals surface area contributed by atoms with Crippen molar-refractivity contribution in [2.24, 2.45) is 0 Å². The number of rotatable bonds is 3. The quantitative estimate of drug-likeness (QED) is 0.857. The average molecular weight is 316 g/mol. The standard InChI is InChI=1S/C12H9BrClFN2/c13-10-2-1-8(5-11(10)15)7-17-9-3-4-16-12(14)6-9/h1-6H,7H2,(H,16,17). The van der Waals surface area contributed by atoms with Crippen LogP contribution >= 0.6 is 27.5 Å². The lowest BCUT2D eigenvalue weighted by molar-refractivity contribution is 0.619. The molecule has 0 aliphatic heterocycles. The van der Waals surface area contributed by atoms with Crippen LogP contribution in [0, 0.1) is 5.82 Å². The number of anilines is 1. The minimum absolute atomic E-state index is 0.267. The fourth-order valence-electron chi connectivity index (χ4n) is 1.37. The highest BCUT2D eigenvalue weighted by atomic mass is 79.9. The molecule has 0 unspecified atom stereocenters. The van der Waals surface area contributed by atoms with Gasteiger partial charge in [0.1, 0.15) is 11.0 Å². The Morgan fingerprint density at radius 1 is 1.29 bits per heavy atom. The summed E-state index contributed by atoms with van der Waals surface area (Å²) in [6.07, 6.45) is 1.62. The maximum absolute atomic E-state index is 13.3. The molecular weight excluding hydrogens is 307 g/mol. The highest BCUT2D eigenvalue weighted by Gasteiger charge is 2.01. The molecule has 2 aromatic rings. The third-order valence-corrected chi connectivity index (χ3v) is 3.06. The van der Waals surface area contributed by atoms with Gasteiger partial charge in [0.25, 0.3) is 0 Å². The Bertz CT molecular complexity index is 534. The first-order valence-electron chi connectivity index (χ1n) is 4.94. The Labute approximate surface area is 112 Å². The molecule has 0 atom stereocenters. The van der Waals surface area contributed by atoms with Gasteiger partial charge in [-0.3, -0.25) is 0 Å². The Morgan fingerprint density at radius 3 is 2.82 bits per heavy atom. The number of benzene rings is 1. The van der Waals surface area contributed by atoms with E-state index in [1.165, 1.54) is 6.07 Å². The lowest BCUT2D eigenvalue weighted by Crippen LogP contribution is -2.00. The van der Waals surface area contributed by atoms with Crippen molar-refractivity contribution in [3.05, 3.63) is 57.5 Å². The van der Waals surface area contributed by atoms with Gasteiger partial charge in [-0.2, -0.15) is 0 Å². The Hall–Kier alpha value is -1.13. The lowest BCUT2D eigenvalue weighted by atomic mass is 10.2. The molecule has 1 N–H and O–H groups in total. The van der Waals surface area contributed by atoms with Crippen LogP contribution in [0.2, 0.25) is 5.15 Å². The first kappa shape index (κ1) is 12.3. The van der Waals surface area contributed by atoms with Crippen LogP contribution < -0.4 is 5.32 Å². The minimum Gasteiger partial charge on any atom is -0.381 e. The van der Waals surface area contributed by atoms with Crippen LogP contribution in [0.3, 0.4) is 0 Å². The van der Waals surface area contributed by atoms with Crippen LogP contribution in [0.4, 0.5) is 10.1 Å². The zero-order valence-corrected chi connectivity index (χ0v) is 11.1. The first-order valence-corrected chi connectivity index (χ1v) is 6.11. The van der Waals surface area contributed by atoms with Gasteiger partial charge in [0.05, 0.1) is 4.47 Å². The molecule has 0 aliphatic rings. The highest BCUT2D eigenvalue weighted by Crippen LogP contribution is 2.18. The number of hydrogen-bond donors (Lipinski definition) is 1. The Balaban J connectivity index is 2.05. The zero-order valence-electron chi connectivity index (χ0n) is 8.75. The van der Waals surface area contributed by atoms with Gasteiger partial charge in [-0.25, -0.2) is 9.37 Å². The summed E-state index contributed by atoms with van der Waals surface area (Å²) in [6.45, 7) is 0.532. The van der Waals surface area contributed by atoms with Gasteiger partial charge in [0.2, 0.25) is 0 Å². The van der Waals surface area contributed by atoms with Crippen molar-refractivity contribution < 1.29 is 4.39 Å². The molecule has 2 rings (SSSR count). The van der Waals surface area contributed by atoms with E-state index in [0.29, 0.717) is 16.2 Å². The van der Waals surface area contributed by atoms with E-state index in [-0.39, 0.29) is 5.82 Å². The van der Waals surface area contributed by atoms with E-state index in [9.17, 15) is 4.39 Å². The van der Waals surface area contributed by atoms with Gasteiger partial charge in [-0.1, -0.05) is 17.7 Å². The predicted octanol–water partition coefficient (Wildman–Crippen LogP) is 4.25. The molecule has 0 bridgehead atoms. The van der Waals surface area contributed by atoms with Crippen LogP contribution in [0.25, 0.3) is 0 Å². The molecule has 88 valence electrons. The molecule has 0 spiro atoms. The molecule has 17 heavy (non-hydrogen) atoms. The average Bonchev–Trinajstić information content (AvgIpc) is 2.31. The summed E-state index contributed by atoms with van der Waals surface area (Å²) in [5, 5.41) is 3.57. The SMILES string of the molecule is Fc1cc(CNc2ccnc(Cl)c2)ccc1Br. The topological polar surface area (TPSA) is 24.9 Å². The van der Waals surface area contributed by atoms with Crippen molar-refractivity contribution in [1.82, 2.24) is 4.98 Å². The molecule has 5 heteroatoms. The lowest BCUT2D eigenvalue weighted by Gasteiger charge is -2.07. The van der Waals surface area contributed by atoms with Gasteiger partial charge in [0.15, 0.2) is 0 Å². The second-order valence-electron chi connectivity index (χ2n) is 3.47. The molecule has 0 radical (unpaired) electrons. The van der Waals surface area contributed by atoms with Gasteiger partial charge in [0, 0.05) is 18.4 Å². The maximum Gasteiger partial charge on any atom is 0.137 e. The van der Waals surface area contributed by atoms with Crippen LogP contribution in [-0.2, 0) is 6.54 Å². The summed E-state index contributed by atoms with van der Waals surface area (Å²) in [6, 6.07) is 8.55. The largest absolute Gasteiger partial charge is 0.381 e. The molecule has 2 nitrogen and oxygen atoms in total. The van der Waals surface area contributed by atoms with E-state index < -0.39 is 0 Å². The molecule has 0 saturated carbocycles. The van der Waals surface area contributed by atoms with Crippen LogP contribution in [-0.4, -0.2) is 4.98 Å². The van der Waals surface area contributed by atoms with E-state index in [0.717, 1.165) is 11.3 Å². The van der Waals surface area contributed by atoms with Crippen LogP contribution in [0.5, 0.6) is 0 Å². The fourth-order valence-corrected chi connectivity index (χ4v) is 1.79. The summed E-state index contributed by atoms with van der Waals surface area (Å²) in [5.41, 5.74) is 1.71. The monoisotopic (exact) mass is 314 g/mol. The van der Waals surface area contributed by atoms with Crippen molar-refractivity contribution in [3.63, 3.8) is 0 Å². The van der Waals surface area contributed by atoms with Crippen molar-refractivity contribution >= 4 is 33.2 Å². The van der Waals surface area contributed by atoms with E-state index in [1.807, 2.05) is 6.07 Å². The van der Waals surface area contributed by atoms with Gasteiger partial charge < -0.3 is 5.32 Å². The summed E-state index contributed by atoms with van der Waals surface area (Å²) < 4.78 is 13.7. The molecule has 0 aliphatic carbocycles. The third-order valence-electron chi connectivity index (χ3n) is 2.21. The number of hydrogen-bond acceptors (Lipinski definition) is 2. The molecule has 0 fully saturated rings. The number of aromatic nitrogens is 1. The number of halogens is 3. The van der Waals surface area contributed by atoms with E-state index in [1.54, 1.807) is 24.4 Å². The zero-order chi connectivity index (χ0) is 12.3. The third kappa shape index (κ3) is 3.41. The maximum atomic E-state index is 13.3. The molecule has 0 amide bonds. The summed E-state index contributed by atoms with van der Waals surface area (Å²) in [5.74, 6) is -0.267. The summed E-state index contributed by atoms with van der Waals surface area (Å²) >= 11 is 8.87.